The molecule has 0 aliphatic carbocycles. The Bertz CT molecular complexity index is 755. The van der Waals surface area contributed by atoms with Gasteiger partial charge in [-0.1, -0.05) is 54.1 Å². The first-order valence-corrected chi connectivity index (χ1v) is 7.88. The molecule has 1 heterocycles. The number of nitrogens with zero attached hydrogens (tertiary/aromatic N) is 2. The van der Waals surface area contributed by atoms with Crippen molar-refractivity contribution in [2.45, 2.75) is 13.5 Å². The zero-order valence-electron chi connectivity index (χ0n) is 12.3. The number of halogens is 1. The summed E-state index contributed by atoms with van der Waals surface area (Å²) >= 11 is 3.29. The van der Waals surface area contributed by atoms with Crippen LogP contribution in [0.25, 0.3) is 11.1 Å². The van der Waals surface area contributed by atoms with Crippen LogP contribution in [0.1, 0.15) is 11.1 Å². The molecule has 0 saturated carbocycles. The minimum absolute atomic E-state index is 0.711. The number of hydrogen-bond donors (Lipinski definition) is 1. The highest BCUT2D eigenvalue weighted by Gasteiger charge is 2.06. The second-order valence-corrected chi connectivity index (χ2v) is 5.92. The van der Waals surface area contributed by atoms with Crippen molar-refractivity contribution in [2.75, 3.05) is 5.32 Å². The van der Waals surface area contributed by atoms with E-state index in [4.69, 9.17) is 0 Å². The molecule has 0 spiro atoms. The summed E-state index contributed by atoms with van der Waals surface area (Å²) in [6.45, 7) is 2.82. The van der Waals surface area contributed by atoms with Crippen LogP contribution in [0, 0.1) is 6.92 Å². The molecule has 0 aliphatic heterocycles. The van der Waals surface area contributed by atoms with Crippen molar-refractivity contribution in [3.63, 3.8) is 0 Å². The van der Waals surface area contributed by atoms with Gasteiger partial charge < -0.3 is 5.32 Å². The summed E-state index contributed by atoms with van der Waals surface area (Å²) in [4.78, 5) is 8.48. The van der Waals surface area contributed by atoms with Gasteiger partial charge in [-0.25, -0.2) is 9.97 Å². The third-order valence-electron chi connectivity index (χ3n) is 3.43. The summed E-state index contributed by atoms with van der Waals surface area (Å²) in [5.74, 6) is 0.767. The molecule has 0 aliphatic rings. The molecule has 0 atom stereocenters. The monoisotopic (exact) mass is 353 g/mol. The average molecular weight is 354 g/mol. The van der Waals surface area contributed by atoms with E-state index in [0.717, 1.165) is 10.4 Å². The topological polar surface area (TPSA) is 37.8 Å². The Hall–Kier alpha value is -2.20. The molecule has 2 aromatic carbocycles. The molecular formula is C18H16BrN3. The first kappa shape index (κ1) is 14.7. The van der Waals surface area contributed by atoms with Crippen LogP contribution < -0.4 is 5.32 Å². The van der Waals surface area contributed by atoms with Crippen LogP contribution in [-0.4, -0.2) is 9.97 Å². The molecule has 0 saturated heterocycles. The highest BCUT2D eigenvalue weighted by atomic mass is 79.9. The zero-order valence-corrected chi connectivity index (χ0v) is 13.8. The molecule has 3 nitrogen and oxygen atoms in total. The maximum absolute atomic E-state index is 4.30. The Kier molecular flexibility index (Phi) is 4.49. The largest absolute Gasteiger partial charge is 0.365 e. The Labute approximate surface area is 138 Å². The lowest BCUT2D eigenvalue weighted by atomic mass is 9.98. The molecule has 110 valence electrons. The molecule has 1 N–H and O–H groups in total. The lowest BCUT2D eigenvalue weighted by Crippen LogP contribution is -2.03. The van der Waals surface area contributed by atoms with Crippen LogP contribution >= 0.6 is 15.9 Å². The average Bonchev–Trinajstić information content (AvgIpc) is 2.55. The number of anilines is 1. The Morgan fingerprint density at radius 2 is 1.82 bits per heavy atom. The summed E-state index contributed by atoms with van der Waals surface area (Å²) in [5.41, 5.74) is 4.96. The Morgan fingerprint density at radius 3 is 2.55 bits per heavy atom. The van der Waals surface area contributed by atoms with E-state index in [1.165, 1.54) is 22.3 Å². The molecule has 1 aromatic heterocycles. The van der Waals surface area contributed by atoms with Crippen molar-refractivity contribution in [3.8, 4) is 11.1 Å². The maximum atomic E-state index is 4.30. The SMILES string of the molecule is Cc1ccc(-c2ccccc2)c(CNc2cnc(Br)cn2)c1. The second-order valence-electron chi connectivity index (χ2n) is 5.10. The minimum Gasteiger partial charge on any atom is -0.365 e. The number of rotatable bonds is 4. The lowest BCUT2D eigenvalue weighted by molar-refractivity contribution is 1.07. The first-order valence-electron chi connectivity index (χ1n) is 7.09. The molecule has 0 unspecified atom stereocenters. The van der Waals surface area contributed by atoms with E-state index in [2.05, 4.69) is 80.6 Å². The minimum atomic E-state index is 0.711. The van der Waals surface area contributed by atoms with Crippen molar-refractivity contribution in [2.24, 2.45) is 0 Å². The second kappa shape index (κ2) is 6.71. The van der Waals surface area contributed by atoms with Gasteiger partial charge in [0.15, 0.2) is 0 Å². The van der Waals surface area contributed by atoms with E-state index in [1.54, 1.807) is 12.4 Å². The van der Waals surface area contributed by atoms with Crippen LogP contribution in [0.15, 0.2) is 65.5 Å². The van der Waals surface area contributed by atoms with Gasteiger partial charge in [0.1, 0.15) is 10.4 Å². The van der Waals surface area contributed by atoms with Crippen molar-refractivity contribution >= 4 is 21.7 Å². The quantitative estimate of drug-likeness (QED) is 0.730. The fourth-order valence-corrected chi connectivity index (χ4v) is 2.56. The van der Waals surface area contributed by atoms with E-state index >= 15 is 0 Å². The Balaban J connectivity index is 1.86. The van der Waals surface area contributed by atoms with Gasteiger partial charge >= 0.3 is 0 Å². The van der Waals surface area contributed by atoms with Crippen molar-refractivity contribution in [1.82, 2.24) is 9.97 Å². The lowest BCUT2D eigenvalue weighted by Gasteiger charge is -2.12. The molecule has 0 bridgehead atoms. The smallest absolute Gasteiger partial charge is 0.144 e. The van der Waals surface area contributed by atoms with E-state index < -0.39 is 0 Å². The fourth-order valence-electron chi connectivity index (χ4n) is 2.36. The summed E-state index contributed by atoms with van der Waals surface area (Å²) in [6.07, 6.45) is 3.42. The maximum Gasteiger partial charge on any atom is 0.144 e. The van der Waals surface area contributed by atoms with E-state index in [1.807, 2.05) is 6.07 Å². The highest BCUT2D eigenvalue weighted by molar-refractivity contribution is 9.10. The van der Waals surface area contributed by atoms with Crippen LogP contribution in [0.2, 0.25) is 0 Å². The van der Waals surface area contributed by atoms with Gasteiger partial charge in [-0.2, -0.15) is 0 Å². The third-order valence-corrected chi connectivity index (χ3v) is 3.84. The van der Waals surface area contributed by atoms with E-state index in [-0.39, 0.29) is 0 Å². The summed E-state index contributed by atoms with van der Waals surface area (Å²) in [7, 11) is 0. The standard InChI is InChI=1S/C18H16BrN3/c1-13-7-8-16(14-5-3-2-4-6-14)15(9-13)10-21-18-12-20-17(19)11-22-18/h2-9,11-12H,10H2,1H3,(H,21,22). The molecule has 3 aromatic rings. The van der Waals surface area contributed by atoms with Gasteiger partial charge in [0.2, 0.25) is 0 Å². The van der Waals surface area contributed by atoms with Gasteiger partial charge in [0.25, 0.3) is 0 Å². The number of aryl methyl sites for hydroxylation is 1. The van der Waals surface area contributed by atoms with E-state index in [9.17, 15) is 0 Å². The summed E-state index contributed by atoms with van der Waals surface area (Å²) in [6, 6.07) is 17.0. The Morgan fingerprint density at radius 1 is 1.00 bits per heavy atom. The molecule has 0 amide bonds. The van der Waals surface area contributed by atoms with Gasteiger partial charge in [-0.15, -0.1) is 0 Å². The van der Waals surface area contributed by atoms with Crippen LogP contribution in [0.4, 0.5) is 5.82 Å². The van der Waals surface area contributed by atoms with Gasteiger partial charge in [0, 0.05) is 6.54 Å². The predicted molar refractivity (Wildman–Crippen MR) is 93.7 cm³/mol. The third kappa shape index (κ3) is 3.52. The number of hydrogen-bond acceptors (Lipinski definition) is 3. The van der Waals surface area contributed by atoms with Gasteiger partial charge in [0.05, 0.1) is 12.4 Å². The first-order chi connectivity index (χ1) is 10.7. The number of aromatic nitrogens is 2. The molecule has 0 radical (unpaired) electrons. The van der Waals surface area contributed by atoms with Crippen molar-refractivity contribution in [1.29, 1.82) is 0 Å². The molecule has 4 heteroatoms. The highest BCUT2D eigenvalue weighted by Crippen LogP contribution is 2.25. The molecule has 22 heavy (non-hydrogen) atoms. The number of benzene rings is 2. The van der Waals surface area contributed by atoms with Crippen LogP contribution in [0.5, 0.6) is 0 Å². The summed E-state index contributed by atoms with van der Waals surface area (Å²) < 4.78 is 0.735. The normalized spacial score (nSPS) is 10.5. The molecule has 0 fully saturated rings. The summed E-state index contributed by atoms with van der Waals surface area (Å²) in [5, 5.41) is 3.33. The molecular weight excluding hydrogens is 338 g/mol. The zero-order chi connectivity index (χ0) is 15.4. The fraction of sp³-hybridized carbons (Fsp3) is 0.111. The van der Waals surface area contributed by atoms with Gasteiger partial charge in [-0.3, -0.25) is 0 Å². The van der Waals surface area contributed by atoms with Crippen LogP contribution in [0.3, 0.4) is 0 Å². The van der Waals surface area contributed by atoms with Crippen LogP contribution in [-0.2, 0) is 6.54 Å². The van der Waals surface area contributed by atoms with Crippen molar-refractivity contribution < 1.29 is 0 Å². The van der Waals surface area contributed by atoms with Gasteiger partial charge in [-0.05, 0) is 39.5 Å². The number of nitrogens with one attached hydrogen (secondary N) is 1. The molecule has 3 rings (SSSR count). The van der Waals surface area contributed by atoms with Crippen molar-refractivity contribution in [3.05, 3.63) is 76.7 Å². The predicted octanol–water partition coefficient (Wildman–Crippen LogP) is 4.83. The van der Waals surface area contributed by atoms with E-state index in [0.29, 0.717) is 6.54 Å².